The summed E-state index contributed by atoms with van der Waals surface area (Å²) < 4.78 is 5.51. The van der Waals surface area contributed by atoms with Gasteiger partial charge in [0.2, 0.25) is 0 Å². The van der Waals surface area contributed by atoms with Crippen molar-refractivity contribution in [1.29, 1.82) is 0 Å². The van der Waals surface area contributed by atoms with Gasteiger partial charge in [0, 0.05) is 19.6 Å². The molecule has 1 rings (SSSR count). The third-order valence-electron chi connectivity index (χ3n) is 3.68. The van der Waals surface area contributed by atoms with Crippen molar-refractivity contribution >= 4 is 6.09 Å². The van der Waals surface area contributed by atoms with E-state index in [1.54, 1.807) is 0 Å². The summed E-state index contributed by atoms with van der Waals surface area (Å²) in [5.74, 6) is 0. The zero-order valence-corrected chi connectivity index (χ0v) is 12.7. The van der Waals surface area contributed by atoms with Crippen LogP contribution in [0.4, 0.5) is 4.79 Å². The highest BCUT2D eigenvalue weighted by Gasteiger charge is 2.38. The number of piperazine rings is 1. The molecule has 1 aliphatic rings. The molecule has 1 heterocycles. The summed E-state index contributed by atoms with van der Waals surface area (Å²) in [5, 5.41) is 3.37. The number of rotatable bonds is 2. The van der Waals surface area contributed by atoms with Crippen molar-refractivity contribution in [3.8, 4) is 0 Å². The second-order valence-corrected chi connectivity index (χ2v) is 6.74. The van der Waals surface area contributed by atoms with Gasteiger partial charge in [-0.2, -0.15) is 0 Å². The highest BCUT2D eigenvalue weighted by atomic mass is 16.6. The second-order valence-electron chi connectivity index (χ2n) is 6.74. The van der Waals surface area contributed by atoms with Crippen molar-refractivity contribution in [2.24, 2.45) is 5.41 Å². The normalized spacial score (nSPS) is 21.9. The predicted molar refractivity (Wildman–Crippen MR) is 73.7 cm³/mol. The Labute approximate surface area is 111 Å². The van der Waals surface area contributed by atoms with E-state index in [1.807, 2.05) is 25.7 Å². The Kier molecular flexibility index (Phi) is 4.65. The van der Waals surface area contributed by atoms with E-state index in [4.69, 9.17) is 4.74 Å². The van der Waals surface area contributed by atoms with Crippen LogP contribution in [0.2, 0.25) is 0 Å². The first-order chi connectivity index (χ1) is 8.17. The van der Waals surface area contributed by atoms with E-state index in [0.717, 1.165) is 26.1 Å². The second kappa shape index (κ2) is 5.47. The Morgan fingerprint density at radius 1 is 1.33 bits per heavy atom. The van der Waals surface area contributed by atoms with E-state index in [0.29, 0.717) is 0 Å². The van der Waals surface area contributed by atoms with Crippen LogP contribution in [0.25, 0.3) is 0 Å². The zero-order chi connectivity index (χ0) is 14.0. The molecule has 106 valence electrons. The monoisotopic (exact) mass is 256 g/mol. The van der Waals surface area contributed by atoms with E-state index >= 15 is 0 Å². The SMILES string of the molecule is CCC(C)(C)C1CNCCN1C(=O)OC(C)(C)C. The lowest BCUT2D eigenvalue weighted by Crippen LogP contribution is -2.59. The van der Waals surface area contributed by atoms with Gasteiger partial charge in [0.15, 0.2) is 0 Å². The van der Waals surface area contributed by atoms with Crippen LogP contribution in [0, 0.1) is 5.41 Å². The number of amides is 1. The van der Waals surface area contributed by atoms with Gasteiger partial charge in [-0.1, -0.05) is 20.8 Å². The molecule has 0 aromatic carbocycles. The molecule has 4 heteroatoms. The first-order valence-corrected chi connectivity index (χ1v) is 6.88. The summed E-state index contributed by atoms with van der Waals surface area (Å²) in [6.07, 6.45) is 0.856. The van der Waals surface area contributed by atoms with Crippen molar-refractivity contribution in [3.63, 3.8) is 0 Å². The van der Waals surface area contributed by atoms with Gasteiger partial charge in [0.1, 0.15) is 5.60 Å². The van der Waals surface area contributed by atoms with Gasteiger partial charge in [0.25, 0.3) is 0 Å². The average molecular weight is 256 g/mol. The molecule has 0 aliphatic carbocycles. The minimum absolute atomic E-state index is 0.102. The van der Waals surface area contributed by atoms with Crippen LogP contribution in [-0.4, -0.2) is 42.3 Å². The number of carbonyl (C=O) groups excluding carboxylic acids is 1. The van der Waals surface area contributed by atoms with Crippen molar-refractivity contribution in [3.05, 3.63) is 0 Å². The molecule has 1 saturated heterocycles. The topological polar surface area (TPSA) is 41.6 Å². The maximum atomic E-state index is 12.3. The smallest absolute Gasteiger partial charge is 0.410 e. The van der Waals surface area contributed by atoms with Crippen LogP contribution < -0.4 is 5.32 Å². The van der Waals surface area contributed by atoms with Crippen molar-refractivity contribution in [1.82, 2.24) is 10.2 Å². The van der Waals surface area contributed by atoms with E-state index in [1.165, 1.54) is 0 Å². The van der Waals surface area contributed by atoms with Gasteiger partial charge in [-0.3, -0.25) is 0 Å². The van der Waals surface area contributed by atoms with Crippen LogP contribution in [0.15, 0.2) is 0 Å². The van der Waals surface area contributed by atoms with Crippen LogP contribution in [0.3, 0.4) is 0 Å². The molecule has 0 bridgehead atoms. The van der Waals surface area contributed by atoms with Crippen LogP contribution in [0.5, 0.6) is 0 Å². The van der Waals surface area contributed by atoms with E-state index < -0.39 is 5.60 Å². The Morgan fingerprint density at radius 2 is 1.94 bits per heavy atom. The number of carbonyl (C=O) groups is 1. The maximum Gasteiger partial charge on any atom is 0.410 e. The fourth-order valence-corrected chi connectivity index (χ4v) is 2.18. The summed E-state index contributed by atoms with van der Waals surface area (Å²) in [5.41, 5.74) is -0.326. The van der Waals surface area contributed by atoms with Crippen LogP contribution in [0.1, 0.15) is 48.0 Å². The quantitative estimate of drug-likeness (QED) is 0.826. The van der Waals surface area contributed by atoms with Crippen molar-refractivity contribution in [2.45, 2.75) is 59.6 Å². The Hall–Kier alpha value is -0.770. The summed E-state index contributed by atoms with van der Waals surface area (Å²) in [7, 11) is 0. The van der Waals surface area contributed by atoms with Gasteiger partial charge >= 0.3 is 6.09 Å². The van der Waals surface area contributed by atoms with Gasteiger partial charge in [-0.15, -0.1) is 0 Å². The Bertz CT molecular complexity index is 295. The fourth-order valence-electron chi connectivity index (χ4n) is 2.18. The molecular weight excluding hydrogens is 228 g/mol. The number of nitrogens with one attached hydrogen (secondary N) is 1. The molecule has 0 saturated carbocycles. The number of nitrogens with zero attached hydrogens (tertiary/aromatic N) is 1. The Morgan fingerprint density at radius 3 is 2.44 bits per heavy atom. The highest BCUT2D eigenvalue weighted by Crippen LogP contribution is 2.30. The molecular formula is C14H28N2O2. The van der Waals surface area contributed by atoms with E-state index in [2.05, 4.69) is 26.1 Å². The molecule has 1 aliphatic heterocycles. The fraction of sp³-hybridized carbons (Fsp3) is 0.929. The predicted octanol–water partition coefficient (Wildman–Crippen LogP) is 2.63. The zero-order valence-electron chi connectivity index (χ0n) is 12.7. The minimum Gasteiger partial charge on any atom is -0.444 e. The van der Waals surface area contributed by atoms with Gasteiger partial charge in [-0.05, 0) is 32.6 Å². The molecule has 1 atom stereocenters. The summed E-state index contributed by atoms with van der Waals surface area (Å²) in [4.78, 5) is 14.2. The van der Waals surface area contributed by atoms with Gasteiger partial charge in [-0.25, -0.2) is 4.79 Å². The molecule has 0 radical (unpaired) electrons. The van der Waals surface area contributed by atoms with E-state index in [9.17, 15) is 4.79 Å². The van der Waals surface area contributed by atoms with Crippen molar-refractivity contribution < 1.29 is 9.53 Å². The number of ether oxygens (including phenoxy) is 1. The van der Waals surface area contributed by atoms with Crippen LogP contribution in [-0.2, 0) is 4.74 Å². The molecule has 4 nitrogen and oxygen atoms in total. The van der Waals surface area contributed by atoms with E-state index in [-0.39, 0.29) is 17.6 Å². The summed E-state index contributed by atoms with van der Waals surface area (Å²) in [6, 6.07) is 0.200. The number of hydrogen-bond donors (Lipinski definition) is 1. The number of hydrogen-bond acceptors (Lipinski definition) is 3. The van der Waals surface area contributed by atoms with Gasteiger partial charge < -0.3 is 15.0 Å². The van der Waals surface area contributed by atoms with Gasteiger partial charge in [0.05, 0.1) is 6.04 Å². The molecule has 18 heavy (non-hydrogen) atoms. The molecule has 1 fully saturated rings. The summed E-state index contributed by atoms with van der Waals surface area (Å²) in [6.45, 7) is 14.7. The minimum atomic E-state index is -0.428. The van der Waals surface area contributed by atoms with Crippen molar-refractivity contribution in [2.75, 3.05) is 19.6 Å². The first kappa shape index (κ1) is 15.3. The lowest BCUT2D eigenvalue weighted by atomic mass is 9.80. The molecule has 1 N–H and O–H groups in total. The standard InChI is InChI=1S/C14H28N2O2/c1-7-14(5,6)11-10-15-8-9-16(11)12(17)18-13(2,3)4/h11,15H,7-10H2,1-6H3. The third-order valence-corrected chi connectivity index (χ3v) is 3.68. The lowest BCUT2D eigenvalue weighted by Gasteiger charge is -2.45. The highest BCUT2D eigenvalue weighted by molar-refractivity contribution is 5.69. The first-order valence-electron chi connectivity index (χ1n) is 6.88. The molecule has 1 amide bonds. The van der Waals surface area contributed by atoms with Crippen LogP contribution >= 0.6 is 0 Å². The summed E-state index contributed by atoms with van der Waals surface area (Å²) >= 11 is 0. The molecule has 0 aromatic heterocycles. The molecule has 0 aromatic rings. The molecule has 1 unspecified atom stereocenters. The lowest BCUT2D eigenvalue weighted by molar-refractivity contribution is -0.00685. The molecule has 0 spiro atoms. The Balaban J connectivity index is 2.80. The average Bonchev–Trinajstić information content (AvgIpc) is 2.27. The third kappa shape index (κ3) is 3.87. The largest absolute Gasteiger partial charge is 0.444 e. The maximum absolute atomic E-state index is 12.3.